The van der Waals surface area contributed by atoms with Gasteiger partial charge in [0.2, 0.25) is 0 Å². The molecule has 100 valence electrons. The lowest BCUT2D eigenvalue weighted by Crippen LogP contribution is -2.25. The standard InChI is InChI=1S/C14H22N2O2/c1-9(2)14-10(3)15-16(11(14)4)8-12(17)13-6-5-7-18-13/h9,13H,5-8H2,1-4H3. The predicted molar refractivity (Wildman–Crippen MR) is 69.8 cm³/mol. The first-order valence-electron chi connectivity index (χ1n) is 6.69. The monoisotopic (exact) mass is 250 g/mol. The van der Waals surface area contributed by atoms with Crippen LogP contribution in [0.2, 0.25) is 0 Å². The van der Waals surface area contributed by atoms with Crippen LogP contribution in [0.1, 0.15) is 49.6 Å². The second kappa shape index (κ2) is 5.22. The van der Waals surface area contributed by atoms with Crippen LogP contribution < -0.4 is 0 Å². The zero-order chi connectivity index (χ0) is 13.3. The summed E-state index contributed by atoms with van der Waals surface area (Å²) in [5, 5.41) is 4.48. The molecule has 2 rings (SSSR count). The summed E-state index contributed by atoms with van der Waals surface area (Å²) in [5.41, 5.74) is 3.40. The van der Waals surface area contributed by atoms with Gasteiger partial charge < -0.3 is 4.74 Å². The Kier molecular flexibility index (Phi) is 3.85. The van der Waals surface area contributed by atoms with Crippen LogP contribution in [0.4, 0.5) is 0 Å². The van der Waals surface area contributed by atoms with Crippen molar-refractivity contribution >= 4 is 5.78 Å². The molecule has 1 fully saturated rings. The van der Waals surface area contributed by atoms with Gasteiger partial charge in [-0.25, -0.2) is 0 Å². The van der Waals surface area contributed by atoms with Crippen LogP contribution >= 0.6 is 0 Å². The number of hydrogen-bond acceptors (Lipinski definition) is 3. The third kappa shape index (κ3) is 2.48. The number of aryl methyl sites for hydroxylation is 1. The number of ketones is 1. The van der Waals surface area contributed by atoms with Crippen LogP contribution in [0.5, 0.6) is 0 Å². The first-order valence-corrected chi connectivity index (χ1v) is 6.69. The Balaban J connectivity index is 2.14. The van der Waals surface area contributed by atoms with Crippen molar-refractivity contribution in [1.29, 1.82) is 0 Å². The summed E-state index contributed by atoms with van der Waals surface area (Å²) < 4.78 is 7.25. The molecule has 0 radical (unpaired) electrons. The number of hydrogen-bond donors (Lipinski definition) is 0. The molecule has 1 aliphatic heterocycles. The molecule has 1 saturated heterocycles. The molecule has 0 spiro atoms. The van der Waals surface area contributed by atoms with Crippen molar-refractivity contribution in [1.82, 2.24) is 9.78 Å². The van der Waals surface area contributed by atoms with Crippen LogP contribution in [0, 0.1) is 13.8 Å². The lowest BCUT2D eigenvalue weighted by Gasteiger charge is -2.10. The summed E-state index contributed by atoms with van der Waals surface area (Å²) in [7, 11) is 0. The van der Waals surface area contributed by atoms with E-state index < -0.39 is 0 Å². The van der Waals surface area contributed by atoms with Gasteiger partial charge in [-0.05, 0) is 38.2 Å². The fourth-order valence-corrected chi connectivity index (χ4v) is 2.78. The first kappa shape index (κ1) is 13.3. The summed E-state index contributed by atoms with van der Waals surface area (Å²) in [6.45, 7) is 9.41. The van der Waals surface area contributed by atoms with E-state index in [0.717, 1.165) is 24.2 Å². The van der Waals surface area contributed by atoms with Crippen LogP contribution in [-0.4, -0.2) is 28.3 Å². The molecule has 0 aliphatic carbocycles. The Bertz CT molecular complexity index is 443. The number of rotatable bonds is 4. The molecule has 0 amide bonds. The number of nitrogens with zero attached hydrogens (tertiary/aromatic N) is 2. The zero-order valence-corrected chi connectivity index (χ0v) is 11.7. The van der Waals surface area contributed by atoms with Gasteiger partial charge >= 0.3 is 0 Å². The maximum atomic E-state index is 12.1. The van der Waals surface area contributed by atoms with E-state index in [0.29, 0.717) is 19.1 Å². The van der Waals surface area contributed by atoms with Gasteiger partial charge in [-0.1, -0.05) is 13.8 Å². The summed E-state index contributed by atoms with van der Waals surface area (Å²) in [6, 6.07) is 0. The van der Waals surface area contributed by atoms with E-state index in [1.807, 2.05) is 18.5 Å². The van der Waals surface area contributed by atoms with Gasteiger partial charge in [0.05, 0.1) is 5.69 Å². The van der Waals surface area contributed by atoms with Gasteiger partial charge in [-0.2, -0.15) is 5.10 Å². The van der Waals surface area contributed by atoms with Crippen molar-refractivity contribution < 1.29 is 9.53 Å². The lowest BCUT2D eigenvalue weighted by molar-refractivity contribution is -0.128. The van der Waals surface area contributed by atoms with Crippen molar-refractivity contribution in [3.05, 3.63) is 17.0 Å². The average Bonchev–Trinajstić information content (AvgIpc) is 2.88. The predicted octanol–water partition coefficient (Wildman–Crippen LogP) is 2.37. The third-order valence-electron chi connectivity index (χ3n) is 3.61. The Morgan fingerprint density at radius 1 is 1.50 bits per heavy atom. The van der Waals surface area contributed by atoms with Crippen molar-refractivity contribution in [2.45, 2.75) is 59.1 Å². The van der Waals surface area contributed by atoms with Gasteiger partial charge in [0, 0.05) is 12.3 Å². The highest BCUT2D eigenvalue weighted by Crippen LogP contribution is 2.23. The molecule has 4 heteroatoms. The zero-order valence-electron chi connectivity index (χ0n) is 11.7. The largest absolute Gasteiger partial charge is 0.370 e. The van der Waals surface area contributed by atoms with E-state index >= 15 is 0 Å². The summed E-state index contributed by atoms with van der Waals surface area (Å²) in [4.78, 5) is 12.1. The van der Waals surface area contributed by atoms with Crippen LogP contribution in [-0.2, 0) is 16.1 Å². The Morgan fingerprint density at radius 3 is 2.72 bits per heavy atom. The van der Waals surface area contributed by atoms with Gasteiger partial charge in [0.1, 0.15) is 12.6 Å². The van der Waals surface area contributed by atoms with E-state index in [-0.39, 0.29) is 11.9 Å². The van der Waals surface area contributed by atoms with Crippen LogP contribution in [0.15, 0.2) is 0 Å². The highest BCUT2D eigenvalue weighted by atomic mass is 16.5. The Morgan fingerprint density at radius 2 is 2.22 bits per heavy atom. The lowest BCUT2D eigenvalue weighted by atomic mass is 10.0. The fourth-order valence-electron chi connectivity index (χ4n) is 2.78. The number of ether oxygens (including phenoxy) is 1. The van der Waals surface area contributed by atoms with E-state index in [1.54, 1.807) is 0 Å². The van der Waals surface area contributed by atoms with Gasteiger partial charge in [0.25, 0.3) is 0 Å². The molecule has 18 heavy (non-hydrogen) atoms. The topological polar surface area (TPSA) is 44.1 Å². The number of carbonyl (C=O) groups is 1. The highest BCUT2D eigenvalue weighted by molar-refractivity contribution is 5.83. The molecule has 0 bridgehead atoms. The molecule has 4 nitrogen and oxygen atoms in total. The molecule has 0 saturated carbocycles. The van der Waals surface area contributed by atoms with Gasteiger partial charge in [-0.3, -0.25) is 9.48 Å². The summed E-state index contributed by atoms with van der Waals surface area (Å²) in [6.07, 6.45) is 1.64. The van der Waals surface area contributed by atoms with Crippen molar-refractivity contribution in [2.24, 2.45) is 0 Å². The first-order chi connectivity index (χ1) is 8.50. The van der Waals surface area contributed by atoms with Crippen LogP contribution in [0.25, 0.3) is 0 Å². The van der Waals surface area contributed by atoms with Crippen molar-refractivity contribution in [2.75, 3.05) is 6.61 Å². The second-order valence-electron chi connectivity index (χ2n) is 5.36. The number of Topliss-reactive ketones (excluding diaryl/α,β-unsaturated/α-hetero) is 1. The van der Waals surface area contributed by atoms with Crippen LogP contribution in [0.3, 0.4) is 0 Å². The molecule has 1 unspecified atom stereocenters. The minimum atomic E-state index is -0.212. The van der Waals surface area contributed by atoms with E-state index in [2.05, 4.69) is 18.9 Å². The summed E-state index contributed by atoms with van der Waals surface area (Å²) in [5.74, 6) is 0.588. The van der Waals surface area contributed by atoms with E-state index in [4.69, 9.17) is 4.74 Å². The fraction of sp³-hybridized carbons (Fsp3) is 0.714. The maximum absolute atomic E-state index is 12.1. The molecule has 1 aromatic heterocycles. The molecular formula is C14H22N2O2. The molecule has 0 aromatic carbocycles. The quantitative estimate of drug-likeness (QED) is 0.824. The molecule has 1 aliphatic rings. The average molecular weight is 250 g/mol. The van der Waals surface area contributed by atoms with Crippen molar-refractivity contribution in [3.63, 3.8) is 0 Å². The van der Waals surface area contributed by atoms with Gasteiger partial charge in [0.15, 0.2) is 5.78 Å². The van der Waals surface area contributed by atoms with E-state index in [1.165, 1.54) is 5.56 Å². The SMILES string of the molecule is Cc1nn(CC(=O)C2CCCO2)c(C)c1C(C)C. The van der Waals surface area contributed by atoms with Crippen molar-refractivity contribution in [3.8, 4) is 0 Å². The summed E-state index contributed by atoms with van der Waals surface area (Å²) >= 11 is 0. The minimum absolute atomic E-state index is 0.147. The molecule has 1 atom stereocenters. The third-order valence-corrected chi connectivity index (χ3v) is 3.61. The Hall–Kier alpha value is -1.16. The van der Waals surface area contributed by atoms with Gasteiger partial charge in [-0.15, -0.1) is 0 Å². The number of aromatic nitrogens is 2. The minimum Gasteiger partial charge on any atom is -0.370 e. The smallest absolute Gasteiger partial charge is 0.182 e. The highest BCUT2D eigenvalue weighted by Gasteiger charge is 2.25. The molecule has 0 N–H and O–H groups in total. The Labute approximate surface area is 108 Å². The normalized spacial score (nSPS) is 19.7. The van der Waals surface area contributed by atoms with E-state index in [9.17, 15) is 4.79 Å². The number of carbonyl (C=O) groups excluding carboxylic acids is 1. The maximum Gasteiger partial charge on any atom is 0.182 e. The second-order valence-corrected chi connectivity index (χ2v) is 5.36. The molecular weight excluding hydrogens is 228 g/mol. The molecule has 1 aromatic rings. The molecule has 2 heterocycles.